The molecule has 2 aromatic rings. The Balaban J connectivity index is 1.94. The monoisotopic (exact) mass is 276 g/mol. The Morgan fingerprint density at radius 2 is 2.42 bits per heavy atom. The maximum atomic E-state index is 11.9. The molecular weight excluding hydrogens is 264 g/mol. The molecule has 0 unspecified atom stereocenters. The van der Waals surface area contributed by atoms with Gasteiger partial charge in [0, 0.05) is 11.4 Å². The lowest BCUT2D eigenvalue weighted by Crippen LogP contribution is -2.22. The molecule has 2 aromatic heterocycles. The minimum absolute atomic E-state index is 0.186. The zero-order valence-corrected chi connectivity index (χ0v) is 11.1. The molecule has 1 amide bonds. The number of nitrogens with one attached hydrogen (secondary N) is 1. The fraction of sp³-hybridized carbons (Fsp3) is 0.231. The van der Waals surface area contributed by atoms with Crippen molar-refractivity contribution in [1.82, 2.24) is 10.5 Å². The fourth-order valence-electron chi connectivity index (χ4n) is 1.42. The summed E-state index contributed by atoms with van der Waals surface area (Å²) in [6.45, 7) is 1.93. The third kappa shape index (κ3) is 3.68. The first-order valence-corrected chi connectivity index (χ1v) is 6.45. The number of aliphatic hydroxyl groups excluding tert-OH is 1. The standard InChI is InChI=1S/C13H12N2O3S/c1-9-5-11(15-18-9)7-14-13(17)10-6-12(19-8-10)3-2-4-16/h5-6,8,16H,4,7H2,1H3,(H,14,17). The summed E-state index contributed by atoms with van der Waals surface area (Å²) in [6, 6.07) is 3.46. The highest BCUT2D eigenvalue weighted by Crippen LogP contribution is 2.13. The van der Waals surface area contributed by atoms with Crippen LogP contribution in [0, 0.1) is 18.8 Å². The van der Waals surface area contributed by atoms with Crippen molar-refractivity contribution in [3.05, 3.63) is 39.4 Å². The van der Waals surface area contributed by atoms with Gasteiger partial charge in [0.15, 0.2) is 0 Å². The van der Waals surface area contributed by atoms with E-state index in [2.05, 4.69) is 22.3 Å². The molecule has 98 valence electrons. The van der Waals surface area contributed by atoms with E-state index >= 15 is 0 Å². The van der Waals surface area contributed by atoms with Crippen LogP contribution in [0.3, 0.4) is 0 Å². The van der Waals surface area contributed by atoms with Crippen LogP contribution >= 0.6 is 11.3 Å². The Labute approximate surface area is 114 Å². The molecule has 0 atom stereocenters. The van der Waals surface area contributed by atoms with Gasteiger partial charge in [0.05, 0.1) is 17.0 Å². The van der Waals surface area contributed by atoms with E-state index in [1.807, 2.05) is 0 Å². The number of hydrogen-bond donors (Lipinski definition) is 2. The fourth-order valence-corrected chi connectivity index (χ4v) is 2.18. The van der Waals surface area contributed by atoms with Gasteiger partial charge in [0.1, 0.15) is 18.1 Å². The van der Waals surface area contributed by atoms with Crippen molar-refractivity contribution in [3.8, 4) is 11.8 Å². The highest BCUT2D eigenvalue weighted by molar-refractivity contribution is 7.10. The van der Waals surface area contributed by atoms with E-state index < -0.39 is 0 Å². The van der Waals surface area contributed by atoms with Gasteiger partial charge in [0.25, 0.3) is 5.91 Å². The summed E-state index contributed by atoms with van der Waals surface area (Å²) in [7, 11) is 0. The number of nitrogens with zero attached hydrogens (tertiary/aromatic N) is 1. The predicted octanol–water partition coefficient (Wildman–Crippen LogP) is 1.32. The van der Waals surface area contributed by atoms with Crippen LogP contribution in [0.25, 0.3) is 0 Å². The highest BCUT2D eigenvalue weighted by atomic mass is 32.1. The molecule has 2 rings (SSSR count). The maximum Gasteiger partial charge on any atom is 0.252 e. The maximum absolute atomic E-state index is 11.9. The molecule has 0 aliphatic heterocycles. The van der Waals surface area contributed by atoms with Gasteiger partial charge in [-0.1, -0.05) is 17.0 Å². The van der Waals surface area contributed by atoms with Crippen LogP contribution in [0.15, 0.2) is 22.0 Å². The molecule has 2 N–H and O–H groups in total. The minimum Gasteiger partial charge on any atom is -0.384 e. The van der Waals surface area contributed by atoms with E-state index in [0.29, 0.717) is 23.6 Å². The number of carbonyl (C=O) groups is 1. The first-order chi connectivity index (χ1) is 9.19. The SMILES string of the molecule is Cc1cc(CNC(=O)c2csc(C#CCO)c2)no1. The van der Waals surface area contributed by atoms with E-state index in [9.17, 15) is 4.79 Å². The van der Waals surface area contributed by atoms with Crippen molar-refractivity contribution in [2.75, 3.05) is 6.61 Å². The van der Waals surface area contributed by atoms with Crippen molar-refractivity contribution < 1.29 is 14.4 Å². The summed E-state index contributed by atoms with van der Waals surface area (Å²) in [5.74, 6) is 5.82. The van der Waals surface area contributed by atoms with Gasteiger partial charge in [-0.15, -0.1) is 11.3 Å². The van der Waals surface area contributed by atoms with Crippen molar-refractivity contribution >= 4 is 17.2 Å². The second kappa shape index (κ2) is 6.18. The van der Waals surface area contributed by atoms with Gasteiger partial charge in [-0.2, -0.15) is 0 Å². The van der Waals surface area contributed by atoms with Crippen LogP contribution in [-0.2, 0) is 6.54 Å². The first kappa shape index (κ1) is 13.3. The average molecular weight is 276 g/mol. The first-order valence-electron chi connectivity index (χ1n) is 5.57. The Bertz CT molecular complexity index is 634. The summed E-state index contributed by atoms with van der Waals surface area (Å²) in [6.07, 6.45) is 0. The summed E-state index contributed by atoms with van der Waals surface area (Å²) >= 11 is 1.36. The van der Waals surface area contributed by atoms with Crippen LogP contribution in [0.4, 0.5) is 0 Å². The van der Waals surface area contributed by atoms with Crippen molar-refractivity contribution in [1.29, 1.82) is 0 Å². The number of thiophene rings is 1. The predicted molar refractivity (Wildman–Crippen MR) is 70.7 cm³/mol. The number of hydrogen-bond acceptors (Lipinski definition) is 5. The van der Waals surface area contributed by atoms with Crippen LogP contribution in [0.2, 0.25) is 0 Å². The van der Waals surface area contributed by atoms with Gasteiger partial charge in [-0.05, 0) is 13.0 Å². The molecule has 0 saturated carbocycles. The number of rotatable bonds is 3. The zero-order valence-electron chi connectivity index (χ0n) is 10.3. The second-order valence-corrected chi connectivity index (χ2v) is 4.68. The molecule has 0 fully saturated rings. The average Bonchev–Trinajstić information content (AvgIpc) is 3.02. The number of amides is 1. The van der Waals surface area contributed by atoms with Gasteiger partial charge >= 0.3 is 0 Å². The molecule has 0 radical (unpaired) electrons. The molecule has 0 aliphatic rings. The van der Waals surface area contributed by atoms with Gasteiger partial charge in [0.2, 0.25) is 0 Å². The molecule has 6 heteroatoms. The Hall–Kier alpha value is -2.10. The third-order valence-corrected chi connectivity index (χ3v) is 3.10. The molecule has 0 bridgehead atoms. The second-order valence-electron chi connectivity index (χ2n) is 3.77. The third-order valence-electron chi connectivity index (χ3n) is 2.26. The highest BCUT2D eigenvalue weighted by Gasteiger charge is 2.09. The molecular formula is C13H12N2O3S. The topological polar surface area (TPSA) is 75.4 Å². The number of aryl methyl sites for hydroxylation is 1. The summed E-state index contributed by atoms with van der Waals surface area (Å²) in [5.41, 5.74) is 1.23. The number of aliphatic hydroxyl groups is 1. The van der Waals surface area contributed by atoms with Gasteiger partial charge in [-0.25, -0.2) is 0 Å². The lowest BCUT2D eigenvalue weighted by atomic mass is 10.3. The van der Waals surface area contributed by atoms with Crippen LogP contribution < -0.4 is 5.32 Å². The summed E-state index contributed by atoms with van der Waals surface area (Å²) in [4.78, 5) is 12.6. The largest absolute Gasteiger partial charge is 0.384 e. The smallest absolute Gasteiger partial charge is 0.252 e. The zero-order chi connectivity index (χ0) is 13.7. The van der Waals surface area contributed by atoms with E-state index in [-0.39, 0.29) is 12.5 Å². The Morgan fingerprint density at radius 1 is 1.58 bits per heavy atom. The van der Waals surface area contributed by atoms with Crippen molar-refractivity contribution in [2.24, 2.45) is 0 Å². The quantitative estimate of drug-likeness (QED) is 0.829. The molecule has 0 aromatic carbocycles. The molecule has 0 aliphatic carbocycles. The van der Waals surface area contributed by atoms with Crippen molar-refractivity contribution in [3.63, 3.8) is 0 Å². The van der Waals surface area contributed by atoms with Crippen LogP contribution in [0.1, 0.15) is 26.7 Å². The normalized spacial score (nSPS) is 9.79. The van der Waals surface area contributed by atoms with E-state index in [1.54, 1.807) is 24.4 Å². The van der Waals surface area contributed by atoms with E-state index in [4.69, 9.17) is 9.63 Å². The summed E-state index contributed by atoms with van der Waals surface area (Å²) in [5, 5.41) is 16.9. The molecule has 2 heterocycles. The number of aromatic nitrogens is 1. The lowest BCUT2D eigenvalue weighted by Gasteiger charge is -1.99. The van der Waals surface area contributed by atoms with Crippen molar-refractivity contribution in [2.45, 2.75) is 13.5 Å². The molecule has 0 spiro atoms. The van der Waals surface area contributed by atoms with E-state index in [1.165, 1.54) is 11.3 Å². The minimum atomic E-state index is -0.190. The van der Waals surface area contributed by atoms with Crippen LogP contribution in [0.5, 0.6) is 0 Å². The van der Waals surface area contributed by atoms with Gasteiger partial charge < -0.3 is 14.9 Å². The van der Waals surface area contributed by atoms with E-state index in [0.717, 1.165) is 4.88 Å². The molecule has 5 nitrogen and oxygen atoms in total. The lowest BCUT2D eigenvalue weighted by molar-refractivity contribution is 0.0950. The molecule has 19 heavy (non-hydrogen) atoms. The summed E-state index contributed by atoms with van der Waals surface area (Å²) < 4.78 is 4.91. The van der Waals surface area contributed by atoms with Gasteiger partial charge in [-0.3, -0.25) is 4.79 Å². The van der Waals surface area contributed by atoms with Crippen LogP contribution in [-0.4, -0.2) is 22.8 Å². The Morgan fingerprint density at radius 3 is 3.11 bits per heavy atom. The Kier molecular flexibility index (Phi) is 4.34. The molecule has 0 saturated heterocycles. The number of carbonyl (C=O) groups excluding carboxylic acids is 1.